The number of aromatic nitrogens is 2. The summed E-state index contributed by atoms with van der Waals surface area (Å²) in [6.07, 6.45) is 5.27. The smallest absolute Gasteiger partial charge is 0.248 e. The molecule has 1 atom stereocenters. The normalized spacial score (nSPS) is 17.2. The number of rotatable bonds is 6. The summed E-state index contributed by atoms with van der Waals surface area (Å²) in [6.45, 7) is 1.78. The number of amides is 1. The fraction of sp³-hybridized carbons (Fsp3) is 0.261. The summed E-state index contributed by atoms with van der Waals surface area (Å²) in [5, 5.41) is 6.95. The van der Waals surface area contributed by atoms with Crippen LogP contribution in [-0.2, 0) is 14.8 Å². The van der Waals surface area contributed by atoms with E-state index in [1.807, 2.05) is 0 Å². The summed E-state index contributed by atoms with van der Waals surface area (Å²) in [5.41, 5.74) is 0.468. The van der Waals surface area contributed by atoms with Crippen LogP contribution in [0.2, 0.25) is 5.02 Å². The van der Waals surface area contributed by atoms with Gasteiger partial charge in [-0.25, -0.2) is 17.8 Å². The number of benzene rings is 1. The molecule has 2 aromatic heterocycles. The maximum Gasteiger partial charge on any atom is 0.248 e. The first-order valence-corrected chi connectivity index (χ1v) is 12.4. The second-order valence-electron chi connectivity index (χ2n) is 7.87. The average molecular weight is 505 g/mol. The Morgan fingerprint density at radius 3 is 2.79 bits per heavy atom. The van der Waals surface area contributed by atoms with Crippen LogP contribution in [0.5, 0.6) is 0 Å². The number of piperidine rings is 1. The molecule has 3 heterocycles. The summed E-state index contributed by atoms with van der Waals surface area (Å²) in [5.74, 6) is -0.989. The van der Waals surface area contributed by atoms with E-state index in [1.54, 1.807) is 30.3 Å². The second-order valence-corrected chi connectivity index (χ2v) is 10.2. The summed E-state index contributed by atoms with van der Waals surface area (Å²) < 4.78 is 47.4. The maximum atomic E-state index is 13.9. The first kappa shape index (κ1) is 24.1. The SMILES string of the molecule is Cc1noc(/C=C/c2ccccc2F)c1S(=O)(=O)N1CCC[C@@H](C(=O)Nc2ccc(Cl)cn2)C1. The van der Waals surface area contributed by atoms with E-state index >= 15 is 0 Å². The predicted octanol–water partition coefficient (Wildman–Crippen LogP) is 4.38. The molecule has 11 heteroatoms. The van der Waals surface area contributed by atoms with Crippen LogP contribution in [0.3, 0.4) is 0 Å². The number of nitrogens with zero attached hydrogens (tertiary/aromatic N) is 3. The Morgan fingerprint density at radius 2 is 2.06 bits per heavy atom. The van der Waals surface area contributed by atoms with Crippen molar-refractivity contribution in [1.29, 1.82) is 0 Å². The number of aryl methyl sites for hydroxylation is 1. The highest BCUT2D eigenvalue weighted by atomic mass is 35.5. The molecule has 178 valence electrons. The molecule has 1 amide bonds. The zero-order chi connectivity index (χ0) is 24.3. The fourth-order valence-electron chi connectivity index (χ4n) is 3.76. The lowest BCUT2D eigenvalue weighted by Gasteiger charge is -2.31. The topological polar surface area (TPSA) is 105 Å². The number of nitrogens with one attached hydrogen (secondary N) is 1. The fourth-order valence-corrected chi connectivity index (χ4v) is 5.64. The van der Waals surface area contributed by atoms with Gasteiger partial charge in [0.2, 0.25) is 15.9 Å². The van der Waals surface area contributed by atoms with E-state index in [1.165, 1.54) is 35.6 Å². The maximum absolute atomic E-state index is 13.9. The molecular weight excluding hydrogens is 483 g/mol. The number of hydrogen-bond donors (Lipinski definition) is 1. The Kier molecular flexibility index (Phi) is 7.11. The molecule has 4 rings (SSSR count). The number of hydrogen-bond acceptors (Lipinski definition) is 6. The first-order chi connectivity index (χ1) is 16.3. The number of sulfonamides is 1. The van der Waals surface area contributed by atoms with Crippen LogP contribution >= 0.6 is 11.6 Å². The van der Waals surface area contributed by atoms with E-state index in [-0.39, 0.29) is 40.9 Å². The van der Waals surface area contributed by atoms with Gasteiger partial charge < -0.3 is 9.84 Å². The first-order valence-electron chi connectivity index (χ1n) is 10.6. The van der Waals surface area contributed by atoms with Gasteiger partial charge in [0, 0.05) is 24.8 Å². The lowest BCUT2D eigenvalue weighted by atomic mass is 9.99. The number of pyridine rings is 1. The quantitative estimate of drug-likeness (QED) is 0.534. The van der Waals surface area contributed by atoms with Gasteiger partial charge in [0.25, 0.3) is 0 Å². The second kappa shape index (κ2) is 10.0. The monoisotopic (exact) mass is 504 g/mol. The Hall–Kier alpha value is -3.08. The van der Waals surface area contributed by atoms with Gasteiger partial charge in [0.15, 0.2) is 10.7 Å². The number of carbonyl (C=O) groups is 1. The van der Waals surface area contributed by atoms with Gasteiger partial charge in [0.05, 0.1) is 10.9 Å². The van der Waals surface area contributed by atoms with Gasteiger partial charge in [-0.1, -0.05) is 35.0 Å². The van der Waals surface area contributed by atoms with E-state index in [9.17, 15) is 17.6 Å². The molecule has 1 fully saturated rings. The minimum atomic E-state index is -4.02. The number of halogens is 2. The van der Waals surface area contributed by atoms with Crippen molar-refractivity contribution in [3.05, 3.63) is 70.5 Å². The van der Waals surface area contributed by atoms with Crippen LogP contribution in [0.25, 0.3) is 12.2 Å². The molecule has 1 saturated heterocycles. The van der Waals surface area contributed by atoms with Crippen molar-refractivity contribution in [1.82, 2.24) is 14.4 Å². The third-order valence-electron chi connectivity index (χ3n) is 5.48. The largest absolute Gasteiger partial charge is 0.355 e. The molecular formula is C23H22ClFN4O4S. The van der Waals surface area contributed by atoms with Gasteiger partial charge >= 0.3 is 0 Å². The van der Waals surface area contributed by atoms with Crippen LogP contribution in [0.15, 0.2) is 52.0 Å². The molecule has 0 radical (unpaired) electrons. The molecule has 0 spiro atoms. The van der Waals surface area contributed by atoms with Crippen molar-refractivity contribution in [3.63, 3.8) is 0 Å². The molecule has 34 heavy (non-hydrogen) atoms. The molecule has 1 aromatic carbocycles. The number of carbonyl (C=O) groups excluding carboxylic acids is 1. The van der Waals surface area contributed by atoms with Gasteiger partial charge in [-0.2, -0.15) is 4.31 Å². The lowest BCUT2D eigenvalue weighted by molar-refractivity contribution is -0.120. The van der Waals surface area contributed by atoms with Crippen molar-refractivity contribution in [2.45, 2.75) is 24.7 Å². The highest BCUT2D eigenvalue weighted by Crippen LogP contribution is 2.30. The van der Waals surface area contributed by atoms with E-state index in [4.69, 9.17) is 16.1 Å². The average Bonchev–Trinajstić information content (AvgIpc) is 3.21. The van der Waals surface area contributed by atoms with Crippen LogP contribution in [0.1, 0.15) is 29.9 Å². The summed E-state index contributed by atoms with van der Waals surface area (Å²) in [4.78, 5) is 16.7. The molecule has 1 aliphatic heterocycles. The molecule has 0 unspecified atom stereocenters. The third kappa shape index (κ3) is 5.19. The highest BCUT2D eigenvalue weighted by molar-refractivity contribution is 7.89. The summed E-state index contributed by atoms with van der Waals surface area (Å²) in [6, 6.07) is 9.28. The van der Waals surface area contributed by atoms with Crippen molar-refractivity contribution < 1.29 is 22.1 Å². The van der Waals surface area contributed by atoms with Crippen molar-refractivity contribution in [2.24, 2.45) is 5.92 Å². The van der Waals surface area contributed by atoms with E-state index in [0.29, 0.717) is 23.7 Å². The van der Waals surface area contributed by atoms with Gasteiger partial charge in [-0.15, -0.1) is 0 Å². The Labute approximate surface area is 201 Å². The van der Waals surface area contributed by atoms with Crippen LogP contribution in [-0.4, -0.2) is 41.9 Å². The van der Waals surface area contributed by atoms with Crippen molar-refractivity contribution in [3.8, 4) is 0 Å². The molecule has 3 aromatic rings. The van der Waals surface area contributed by atoms with Gasteiger partial charge in [0.1, 0.15) is 17.3 Å². The highest BCUT2D eigenvalue weighted by Gasteiger charge is 2.37. The standard InChI is InChI=1S/C23H22ClFN4O4S/c1-15-22(20(33-28-15)10-8-16-5-2-3-7-19(16)25)34(31,32)29-12-4-6-17(14-29)23(30)27-21-11-9-18(24)13-26-21/h2-3,5,7-11,13,17H,4,6,12,14H2,1H3,(H,26,27,30)/b10-8+/t17-/m1/s1. The molecule has 0 bridgehead atoms. The minimum absolute atomic E-state index is 0.00214. The summed E-state index contributed by atoms with van der Waals surface area (Å²) in [7, 11) is -4.02. The minimum Gasteiger partial charge on any atom is -0.355 e. The van der Waals surface area contributed by atoms with Gasteiger partial charge in [-0.05, 0) is 50.1 Å². The Bertz CT molecular complexity index is 1320. The molecule has 8 nitrogen and oxygen atoms in total. The molecule has 0 aliphatic carbocycles. The van der Waals surface area contributed by atoms with Crippen molar-refractivity contribution in [2.75, 3.05) is 18.4 Å². The van der Waals surface area contributed by atoms with E-state index in [2.05, 4.69) is 15.5 Å². The Morgan fingerprint density at radius 1 is 1.26 bits per heavy atom. The summed E-state index contributed by atoms with van der Waals surface area (Å²) >= 11 is 5.82. The van der Waals surface area contributed by atoms with E-state index < -0.39 is 21.8 Å². The Balaban J connectivity index is 1.54. The predicted molar refractivity (Wildman–Crippen MR) is 126 cm³/mol. The van der Waals surface area contributed by atoms with Crippen molar-refractivity contribution >= 4 is 45.5 Å². The van der Waals surface area contributed by atoms with Crippen LogP contribution in [0.4, 0.5) is 10.2 Å². The zero-order valence-electron chi connectivity index (χ0n) is 18.2. The lowest BCUT2D eigenvalue weighted by Crippen LogP contribution is -2.44. The van der Waals surface area contributed by atoms with Gasteiger partial charge in [-0.3, -0.25) is 4.79 Å². The van der Waals surface area contributed by atoms with Crippen LogP contribution < -0.4 is 5.32 Å². The molecule has 0 saturated carbocycles. The molecule has 1 N–H and O–H groups in total. The van der Waals surface area contributed by atoms with E-state index in [0.717, 1.165) is 0 Å². The zero-order valence-corrected chi connectivity index (χ0v) is 19.8. The van der Waals surface area contributed by atoms with Crippen LogP contribution in [0, 0.1) is 18.7 Å². The molecule has 1 aliphatic rings. The third-order valence-corrected chi connectivity index (χ3v) is 7.73. The number of anilines is 1.